The minimum absolute atomic E-state index is 0.00348. The normalized spacial score (nSPS) is 25.0. The van der Waals surface area contributed by atoms with Gasteiger partial charge in [0.05, 0.1) is 23.3 Å². The van der Waals surface area contributed by atoms with Crippen molar-refractivity contribution in [1.82, 2.24) is 20.0 Å². The van der Waals surface area contributed by atoms with Crippen LogP contribution in [0.25, 0.3) is 10.9 Å². The average molecular weight is 312 g/mol. The van der Waals surface area contributed by atoms with E-state index in [1.807, 2.05) is 22.9 Å². The van der Waals surface area contributed by atoms with Gasteiger partial charge in [0.2, 0.25) is 0 Å². The van der Waals surface area contributed by atoms with Crippen LogP contribution in [0.1, 0.15) is 42.2 Å². The zero-order valence-corrected chi connectivity index (χ0v) is 13.7. The highest BCUT2D eigenvalue weighted by Crippen LogP contribution is 2.26. The van der Waals surface area contributed by atoms with Gasteiger partial charge in [-0.2, -0.15) is 5.10 Å². The monoisotopic (exact) mass is 312 g/mol. The van der Waals surface area contributed by atoms with E-state index in [1.165, 1.54) is 38.9 Å². The van der Waals surface area contributed by atoms with Crippen molar-refractivity contribution in [3.05, 3.63) is 29.5 Å². The lowest BCUT2D eigenvalue weighted by atomic mass is 9.89. The molecule has 5 heteroatoms. The van der Waals surface area contributed by atoms with Crippen LogP contribution in [-0.4, -0.2) is 40.2 Å². The molecule has 5 nitrogen and oxygen atoms in total. The van der Waals surface area contributed by atoms with Crippen molar-refractivity contribution >= 4 is 16.8 Å². The maximum Gasteiger partial charge on any atom is 0.252 e. The number of hydrogen-bond acceptors (Lipinski definition) is 3. The molecule has 0 radical (unpaired) electrons. The summed E-state index contributed by atoms with van der Waals surface area (Å²) < 4.78 is 1.94. The molecule has 1 amide bonds. The lowest BCUT2D eigenvalue weighted by Crippen LogP contribution is -2.41. The Morgan fingerprint density at radius 2 is 1.96 bits per heavy atom. The van der Waals surface area contributed by atoms with Crippen LogP contribution in [0.5, 0.6) is 0 Å². The van der Waals surface area contributed by atoms with Gasteiger partial charge >= 0.3 is 0 Å². The average Bonchev–Trinajstić information content (AvgIpc) is 3.00. The van der Waals surface area contributed by atoms with Gasteiger partial charge in [0.25, 0.3) is 5.91 Å². The summed E-state index contributed by atoms with van der Waals surface area (Å²) in [5.74, 6) is 1.11. The van der Waals surface area contributed by atoms with E-state index in [1.54, 1.807) is 0 Å². The molecule has 0 saturated carbocycles. The van der Waals surface area contributed by atoms with Crippen molar-refractivity contribution in [2.45, 2.75) is 39.3 Å². The molecule has 4 aliphatic rings. The number of benzene rings is 1. The van der Waals surface area contributed by atoms with Crippen LogP contribution in [0.2, 0.25) is 0 Å². The molecule has 4 aliphatic heterocycles. The third kappa shape index (κ3) is 2.63. The Balaban J connectivity index is 0.000000142. The molecule has 6 rings (SSSR count). The van der Waals surface area contributed by atoms with Crippen LogP contribution >= 0.6 is 0 Å². The predicted octanol–water partition coefficient (Wildman–Crippen LogP) is 2.40. The van der Waals surface area contributed by atoms with Crippen molar-refractivity contribution in [1.29, 1.82) is 0 Å². The summed E-state index contributed by atoms with van der Waals surface area (Å²) in [5.41, 5.74) is 2.77. The van der Waals surface area contributed by atoms with Crippen LogP contribution in [0.4, 0.5) is 0 Å². The van der Waals surface area contributed by atoms with Crippen molar-refractivity contribution in [3.63, 3.8) is 0 Å². The van der Waals surface area contributed by atoms with E-state index in [0.29, 0.717) is 6.54 Å². The van der Waals surface area contributed by atoms with E-state index in [9.17, 15) is 4.79 Å². The van der Waals surface area contributed by atoms with Gasteiger partial charge < -0.3 is 10.2 Å². The van der Waals surface area contributed by atoms with Gasteiger partial charge in [0.1, 0.15) is 0 Å². The van der Waals surface area contributed by atoms with E-state index in [-0.39, 0.29) is 5.91 Å². The van der Waals surface area contributed by atoms with Crippen LogP contribution in [0, 0.1) is 5.92 Å². The molecule has 5 heterocycles. The van der Waals surface area contributed by atoms with Gasteiger partial charge in [-0.15, -0.1) is 0 Å². The number of carbonyl (C=O) groups excluding carboxylic acids is 1. The van der Waals surface area contributed by atoms with Crippen molar-refractivity contribution in [2.75, 3.05) is 19.6 Å². The lowest BCUT2D eigenvalue weighted by molar-refractivity contribution is 0.0949. The molecule has 0 atom stereocenters. The predicted molar refractivity (Wildman–Crippen MR) is 90.4 cm³/mol. The van der Waals surface area contributed by atoms with Gasteiger partial charge in [-0.25, -0.2) is 0 Å². The summed E-state index contributed by atoms with van der Waals surface area (Å²) in [6, 6.07) is 5.76. The summed E-state index contributed by atoms with van der Waals surface area (Å²) in [7, 11) is 0. The Hall–Kier alpha value is -1.88. The van der Waals surface area contributed by atoms with Gasteiger partial charge in [-0.05, 0) is 63.9 Å². The zero-order valence-electron chi connectivity index (χ0n) is 13.7. The van der Waals surface area contributed by atoms with Gasteiger partial charge in [0.15, 0.2) is 0 Å². The molecule has 1 aromatic heterocycles. The first-order valence-corrected chi connectivity index (χ1v) is 8.75. The fraction of sp³-hybridized carbons (Fsp3) is 0.556. The molecule has 0 unspecified atom stereocenters. The van der Waals surface area contributed by atoms with Gasteiger partial charge in [0, 0.05) is 11.9 Å². The number of hydrogen-bond donors (Lipinski definition) is 1. The molecule has 23 heavy (non-hydrogen) atoms. The third-order valence-corrected chi connectivity index (χ3v) is 5.37. The summed E-state index contributed by atoms with van der Waals surface area (Å²) >= 11 is 0. The molecule has 0 aliphatic carbocycles. The van der Waals surface area contributed by atoms with E-state index < -0.39 is 0 Å². The summed E-state index contributed by atoms with van der Waals surface area (Å²) in [6.07, 6.45) is 4.46. The first kappa shape index (κ1) is 14.7. The maximum atomic E-state index is 11.6. The van der Waals surface area contributed by atoms with Crippen LogP contribution in [0.3, 0.4) is 0 Å². The van der Waals surface area contributed by atoms with Gasteiger partial charge in [-0.3, -0.25) is 9.48 Å². The van der Waals surface area contributed by atoms with Crippen LogP contribution < -0.4 is 5.32 Å². The first-order valence-electron chi connectivity index (χ1n) is 8.75. The second kappa shape index (κ2) is 5.96. The Bertz CT molecular complexity index is 705. The zero-order chi connectivity index (χ0) is 15.8. The minimum Gasteiger partial charge on any atom is -0.346 e. The Morgan fingerprint density at radius 3 is 2.52 bits per heavy atom. The van der Waals surface area contributed by atoms with Crippen molar-refractivity contribution in [3.8, 4) is 0 Å². The Morgan fingerprint density at radius 1 is 1.22 bits per heavy atom. The molecule has 3 fully saturated rings. The molecule has 122 valence electrons. The number of amides is 1. The highest BCUT2D eigenvalue weighted by Gasteiger charge is 2.24. The Labute approximate surface area is 136 Å². The topological polar surface area (TPSA) is 50.2 Å². The lowest BCUT2D eigenvalue weighted by Gasteiger charge is -2.38. The molecule has 1 aromatic carbocycles. The van der Waals surface area contributed by atoms with E-state index in [0.717, 1.165) is 34.6 Å². The number of rotatable bonds is 1. The number of piperidine rings is 3. The van der Waals surface area contributed by atoms with Crippen molar-refractivity contribution in [2.24, 2.45) is 5.92 Å². The fourth-order valence-corrected chi connectivity index (χ4v) is 3.99. The van der Waals surface area contributed by atoms with E-state index in [4.69, 9.17) is 0 Å². The van der Waals surface area contributed by atoms with Gasteiger partial charge in [-0.1, -0.05) is 6.07 Å². The standard InChI is InChI=1S/C11H11N3O.C7H13N/c1-2-14-9-5-3-4-7-10(9)8(13-14)6-12-11(7)15;1-4-8-5-2-7(1)3-6-8/h3-5H,2,6H2,1H3,(H,12,15);7H,1-6H2. The fourth-order valence-electron chi connectivity index (χ4n) is 3.99. The quantitative estimate of drug-likeness (QED) is 0.880. The van der Waals surface area contributed by atoms with E-state index >= 15 is 0 Å². The van der Waals surface area contributed by atoms with Crippen LogP contribution in [-0.2, 0) is 13.1 Å². The second-order valence-electron chi connectivity index (χ2n) is 6.72. The largest absolute Gasteiger partial charge is 0.346 e. The number of aromatic nitrogens is 2. The molecular formula is C18H24N4O. The number of fused-ring (bicyclic) bond motifs is 3. The maximum absolute atomic E-state index is 11.6. The number of aryl methyl sites for hydroxylation is 1. The molecule has 3 saturated heterocycles. The third-order valence-electron chi connectivity index (χ3n) is 5.37. The summed E-state index contributed by atoms with van der Waals surface area (Å²) in [5, 5.41) is 8.31. The smallest absolute Gasteiger partial charge is 0.252 e. The number of carbonyl (C=O) groups is 1. The highest BCUT2D eigenvalue weighted by molar-refractivity contribution is 6.09. The van der Waals surface area contributed by atoms with Crippen molar-refractivity contribution < 1.29 is 4.79 Å². The minimum atomic E-state index is 0.00348. The van der Waals surface area contributed by atoms with E-state index in [2.05, 4.69) is 22.2 Å². The first-order chi connectivity index (χ1) is 11.3. The molecule has 1 N–H and O–H groups in total. The van der Waals surface area contributed by atoms with Crippen LogP contribution in [0.15, 0.2) is 18.2 Å². The number of nitrogens with one attached hydrogen (secondary N) is 1. The second-order valence-corrected chi connectivity index (χ2v) is 6.72. The highest BCUT2D eigenvalue weighted by atomic mass is 16.1. The SMILES string of the molecule is C1CN2CCC1CC2.CCn1nc2c3c(cccc31)C(=O)NC2. The molecule has 2 aromatic rings. The molecule has 2 bridgehead atoms. The molecule has 0 spiro atoms. The molecular weight excluding hydrogens is 288 g/mol. The number of nitrogens with zero attached hydrogens (tertiary/aromatic N) is 3. The summed E-state index contributed by atoms with van der Waals surface area (Å²) in [6.45, 7) is 7.60. The Kier molecular flexibility index (Phi) is 3.81. The summed E-state index contributed by atoms with van der Waals surface area (Å²) in [4.78, 5) is 14.2.